The number of carboxylic acid groups (broad SMARTS) is 1. The van der Waals surface area contributed by atoms with E-state index in [4.69, 9.17) is 5.11 Å². The normalized spacial score (nSPS) is 16.4. The number of rotatable bonds is 5. The average Bonchev–Trinajstić information content (AvgIpc) is 2.84. The molecule has 0 saturated heterocycles. The largest absolute Gasteiger partial charge is 0.478 e. The third-order valence-corrected chi connectivity index (χ3v) is 7.85. The molecule has 0 radical (unpaired) electrons. The Labute approximate surface area is 221 Å². The molecule has 0 aromatic heterocycles. The third kappa shape index (κ3) is 5.46. The molecule has 3 heteroatoms. The van der Waals surface area contributed by atoms with Crippen molar-refractivity contribution in [3.63, 3.8) is 0 Å². The summed E-state index contributed by atoms with van der Waals surface area (Å²) in [6, 6.07) is 19.5. The first-order valence-electron chi connectivity index (χ1n) is 13.0. The number of allylic oxidation sites excluding steroid dienone is 1. The first kappa shape index (κ1) is 26.6. The van der Waals surface area contributed by atoms with Crippen molar-refractivity contribution in [1.82, 2.24) is 0 Å². The lowest BCUT2D eigenvalue weighted by Gasteiger charge is -2.43. The second kappa shape index (κ2) is 9.45. The summed E-state index contributed by atoms with van der Waals surface area (Å²) >= 11 is 0. The first-order valence-corrected chi connectivity index (χ1v) is 13.0. The molecule has 3 nitrogen and oxygen atoms in total. The Morgan fingerprint density at radius 1 is 0.811 bits per heavy atom. The van der Waals surface area contributed by atoms with E-state index in [1.165, 1.54) is 16.7 Å². The smallest absolute Gasteiger partial charge is 0.335 e. The van der Waals surface area contributed by atoms with Gasteiger partial charge in [0.15, 0.2) is 5.78 Å². The van der Waals surface area contributed by atoms with Crippen molar-refractivity contribution in [2.75, 3.05) is 0 Å². The molecule has 0 atom stereocenters. The molecular weight excluding hydrogens is 456 g/mol. The molecular formula is C34H38O3. The fourth-order valence-corrected chi connectivity index (χ4v) is 5.31. The number of hydrogen-bond acceptors (Lipinski definition) is 2. The number of hydrogen-bond donors (Lipinski definition) is 1. The maximum atomic E-state index is 13.4. The molecule has 0 spiro atoms. The van der Waals surface area contributed by atoms with Crippen molar-refractivity contribution in [1.29, 1.82) is 0 Å². The lowest BCUT2D eigenvalue weighted by atomic mass is 9.61. The van der Waals surface area contributed by atoms with Crippen molar-refractivity contribution >= 4 is 17.8 Å². The Balaban J connectivity index is 1.81. The van der Waals surface area contributed by atoms with Gasteiger partial charge in [0.25, 0.3) is 0 Å². The van der Waals surface area contributed by atoms with Crippen LogP contribution in [0.4, 0.5) is 0 Å². The Bertz CT molecular complexity index is 1360. The fourth-order valence-electron chi connectivity index (χ4n) is 5.31. The molecule has 0 amide bonds. The molecule has 1 N–H and O–H groups in total. The monoisotopic (exact) mass is 494 g/mol. The highest BCUT2D eigenvalue weighted by molar-refractivity contribution is 6.08. The van der Waals surface area contributed by atoms with E-state index in [-0.39, 0.29) is 27.6 Å². The molecule has 1 aliphatic carbocycles. The van der Waals surface area contributed by atoms with E-state index in [0.29, 0.717) is 5.56 Å². The van der Waals surface area contributed by atoms with Crippen LogP contribution in [0.1, 0.15) is 104 Å². The second-order valence-electron chi connectivity index (χ2n) is 12.7. The van der Waals surface area contributed by atoms with Crippen LogP contribution in [0.3, 0.4) is 0 Å². The summed E-state index contributed by atoms with van der Waals surface area (Å²) in [4.78, 5) is 24.6. The summed E-state index contributed by atoms with van der Waals surface area (Å²) in [5.41, 5.74) is 7.90. The van der Waals surface area contributed by atoms with Crippen molar-refractivity contribution < 1.29 is 14.7 Å². The van der Waals surface area contributed by atoms with E-state index in [1.54, 1.807) is 36.4 Å². The number of fused-ring (bicyclic) bond motifs is 1. The van der Waals surface area contributed by atoms with E-state index in [1.807, 2.05) is 0 Å². The lowest BCUT2D eigenvalue weighted by molar-refractivity contribution is 0.0696. The van der Waals surface area contributed by atoms with Crippen molar-refractivity contribution in [3.8, 4) is 11.1 Å². The zero-order valence-electron chi connectivity index (χ0n) is 23.1. The highest BCUT2D eigenvalue weighted by Gasteiger charge is 2.39. The van der Waals surface area contributed by atoms with Crippen LogP contribution in [0.25, 0.3) is 17.2 Å². The van der Waals surface area contributed by atoms with E-state index in [9.17, 15) is 9.59 Å². The molecule has 0 unspecified atom stereocenters. The highest BCUT2D eigenvalue weighted by atomic mass is 16.4. The Morgan fingerprint density at radius 2 is 1.41 bits per heavy atom. The molecule has 4 rings (SSSR count). The van der Waals surface area contributed by atoms with Crippen LogP contribution in [-0.2, 0) is 16.2 Å². The Morgan fingerprint density at radius 3 is 1.97 bits per heavy atom. The molecule has 3 aromatic rings. The van der Waals surface area contributed by atoms with Crippen LogP contribution >= 0.6 is 0 Å². The van der Waals surface area contributed by atoms with Crippen LogP contribution in [0.2, 0.25) is 0 Å². The predicted molar refractivity (Wildman–Crippen MR) is 153 cm³/mol. The number of carboxylic acids is 1. The molecule has 0 heterocycles. The SMILES string of the molecule is CC(C)(C)c1ccc(-c2cc(C(=O)C=Cc3ccc(C(=O)O)cc3)cc3c2C(C)(C)CCC3(C)C)cc1. The van der Waals surface area contributed by atoms with Crippen LogP contribution in [0.15, 0.2) is 66.7 Å². The summed E-state index contributed by atoms with van der Waals surface area (Å²) in [5.74, 6) is -1.02. The number of carbonyl (C=O) groups is 2. The zero-order valence-corrected chi connectivity index (χ0v) is 23.1. The van der Waals surface area contributed by atoms with Crippen molar-refractivity contribution in [2.24, 2.45) is 0 Å². The maximum absolute atomic E-state index is 13.4. The standard InChI is InChI=1S/C34H38O3/c1-32(2,3)26-15-13-23(14-16-26)27-20-25(21-28-30(27)34(6,7)19-18-33(28,4)5)29(35)17-10-22-8-11-24(12-9-22)31(36)37/h8-17,20-21H,18-19H2,1-7H3,(H,36,37). The fraction of sp³-hybridized carbons (Fsp3) is 0.353. The molecule has 1 aliphatic rings. The number of benzene rings is 3. The quantitative estimate of drug-likeness (QED) is 0.285. The summed E-state index contributed by atoms with van der Waals surface area (Å²) in [6.07, 6.45) is 5.50. The van der Waals surface area contributed by atoms with Crippen LogP contribution in [0.5, 0.6) is 0 Å². The van der Waals surface area contributed by atoms with Gasteiger partial charge in [-0.1, -0.05) is 90.9 Å². The van der Waals surface area contributed by atoms with Gasteiger partial charge in [-0.3, -0.25) is 4.79 Å². The van der Waals surface area contributed by atoms with Gasteiger partial charge in [-0.15, -0.1) is 0 Å². The highest BCUT2D eigenvalue weighted by Crippen LogP contribution is 2.50. The predicted octanol–water partition coefficient (Wildman–Crippen LogP) is 8.59. The number of carbonyl (C=O) groups excluding carboxylic acids is 1. The van der Waals surface area contributed by atoms with Crippen LogP contribution < -0.4 is 0 Å². The average molecular weight is 495 g/mol. The van der Waals surface area contributed by atoms with E-state index in [0.717, 1.165) is 29.5 Å². The minimum Gasteiger partial charge on any atom is -0.478 e. The minimum atomic E-state index is -0.964. The van der Waals surface area contributed by atoms with Gasteiger partial charge in [-0.25, -0.2) is 4.79 Å². The van der Waals surface area contributed by atoms with Gasteiger partial charge in [0.1, 0.15) is 0 Å². The van der Waals surface area contributed by atoms with Crippen molar-refractivity contribution in [3.05, 3.63) is 100 Å². The molecule has 192 valence electrons. The molecule has 37 heavy (non-hydrogen) atoms. The molecule has 0 aliphatic heterocycles. The van der Waals surface area contributed by atoms with Gasteiger partial charge in [-0.05, 0) is 92.8 Å². The summed E-state index contributed by atoms with van der Waals surface area (Å²) in [7, 11) is 0. The van der Waals surface area contributed by atoms with Gasteiger partial charge >= 0.3 is 5.97 Å². The zero-order chi connectivity index (χ0) is 27.2. The number of aromatic carboxylic acids is 1. The molecule has 0 bridgehead atoms. The van der Waals surface area contributed by atoms with Crippen LogP contribution in [-0.4, -0.2) is 16.9 Å². The lowest BCUT2D eigenvalue weighted by Crippen LogP contribution is -2.34. The first-order chi connectivity index (χ1) is 17.2. The minimum absolute atomic E-state index is 0.00614. The molecule has 0 fully saturated rings. The Kier molecular flexibility index (Phi) is 6.79. The second-order valence-corrected chi connectivity index (χ2v) is 12.7. The topological polar surface area (TPSA) is 54.4 Å². The van der Waals surface area contributed by atoms with Gasteiger partial charge in [0.05, 0.1) is 5.56 Å². The van der Waals surface area contributed by atoms with E-state index in [2.05, 4.69) is 84.9 Å². The van der Waals surface area contributed by atoms with Gasteiger partial charge in [0, 0.05) is 5.56 Å². The van der Waals surface area contributed by atoms with Crippen molar-refractivity contribution in [2.45, 2.75) is 77.6 Å². The Hall–Kier alpha value is -3.46. The van der Waals surface area contributed by atoms with Gasteiger partial charge in [-0.2, -0.15) is 0 Å². The number of ketones is 1. The third-order valence-electron chi connectivity index (χ3n) is 7.85. The van der Waals surface area contributed by atoms with Crippen LogP contribution in [0, 0.1) is 0 Å². The molecule has 3 aromatic carbocycles. The van der Waals surface area contributed by atoms with Gasteiger partial charge in [0.2, 0.25) is 0 Å². The van der Waals surface area contributed by atoms with E-state index >= 15 is 0 Å². The maximum Gasteiger partial charge on any atom is 0.335 e. The molecule has 0 saturated carbocycles. The van der Waals surface area contributed by atoms with E-state index < -0.39 is 5.97 Å². The summed E-state index contributed by atoms with van der Waals surface area (Å²) < 4.78 is 0. The summed E-state index contributed by atoms with van der Waals surface area (Å²) in [6.45, 7) is 15.8. The van der Waals surface area contributed by atoms with Gasteiger partial charge < -0.3 is 5.11 Å². The summed E-state index contributed by atoms with van der Waals surface area (Å²) in [5, 5.41) is 9.12.